The summed E-state index contributed by atoms with van der Waals surface area (Å²) in [6.07, 6.45) is 0.893. The first-order valence-electron chi connectivity index (χ1n) is 6.73. The molecule has 0 amide bonds. The lowest BCUT2D eigenvalue weighted by Gasteiger charge is -2.25. The lowest BCUT2D eigenvalue weighted by molar-refractivity contribution is 0.454. The summed E-state index contributed by atoms with van der Waals surface area (Å²) in [4.78, 5) is 0.383. The van der Waals surface area contributed by atoms with Crippen molar-refractivity contribution in [3.05, 3.63) is 29.8 Å². The monoisotopic (exact) mass is 284 g/mol. The molecule has 1 aromatic carbocycles. The van der Waals surface area contributed by atoms with Crippen molar-refractivity contribution in [2.75, 3.05) is 13.6 Å². The van der Waals surface area contributed by atoms with Crippen molar-refractivity contribution < 1.29 is 8.42 Å². The molecular formula is C14H24N2O2S. The second-order valence-corrected chi connectivity index (χ2v) is 6.46. The fourth-order valence-electron chi connectivity index (χ4n) is 2.45. The Bertz CT molecular complexity index is 500. The number of hydrogen-bond donors (Lipinski definition) is 2. The third-order valence-electron chi connectivity index (χ3n) is 3.45. The molecule has 0 heterocycles. The van der Waals surface area contributed by atoms with Gasteiger partial charge < -0.3 is 5.32 Å². The van der Waals surface area contributed by atoms with E-state index in [1.807, 2.05) is 12.1 Å². The largest absolute Gasteiger partial charge is 0.314 e. The predicted octanol–water partition coefficient (Wildman–Crippen LogP) is 2.09. The summed E-state index contributed by atoms with van der Waals surface area (Å²) in [5.74, 6) is 0.180. The van der Waals surface area contributed by atoms with Crippen molar-refractivity contribution in [1.82, 2.24) is 10.0 Å². The summed E-state index contributed by atoms with van der Waals surface area (Å²) in [5, 5.41) is 3.38. The zero-order chi connectivity index (χ0) is 14.5. The van der Waals surface area contributed by atoms with Gasteiger partial charge in [0.15, 0.2) is 0 Å². The summed E-state index contributed by atoms with van der Waals surface area (Å²) in [5.41, 5.74) is 0.882. The number of nitrogens with one attached hydrogen (secondary N) is 2. The normalized spacial score (nSPS) is 15.2. The first-order valence-corrected chi connectivity index (χ1v) is 8.22. The van der Waals surface area contributed by atoms with E-state index in [9.17, 15) is 8.42 Å². The van der Waals surface area contributed by atoms with E-state index < -0.39 is 10.0 Å². The maximum atomic E-state index is 12.1. The number of benzene rings is 1. The fourth-order valence-corrected chi connectivity index (χ4v) is 3.46. The first kappa shape index (κ1) is 16.1. The summed E-state index contributed by atoms with van der Waals surface area (Å²) >= 11 is 0. The van der Waals surface area contributed by atoms with Crippen LogP contribution in [0.5, 0.6) is 0 Å². The Morgan fingerprint density at radius 1 is 1.21 bits per heavy atom. The van der Waals surface area contributed by atoms with E-state index in [-0.39, 0.29) is 12.0 Å². The molecule has 4 nitrogen and oxygen atoms in total. The van der Waals surface area contributed by atoms with E-state index in [0.29, 0.717) is 4.90 Å². The molecule has 5 heteroatoms. The van der Waals surface area contributed by atoms with Crippen LogP contribution in [0.3, 0.4) is 0 Å². The van der Waals surface area contributed by atoms with Crippen LogP contribution in [0.15, 0.2) is 29.2 Å². The molecule has 0 aliphatic carbocycles. The zero-order valence-corrected chi connectivity index (χ0v) is 12.9. The number of hydrogen-bond acceptors (Lipinski definition) is 3. The standard InChI is InChI=1S/C14H24N2O2S/c1-5-12(11(3)16-6-2)13-9-7-8-10-14(13)19(17,18)15-4/h7-12,15-16H,5-6H2,1-4H3. The SMILES string of the molecule is CCNC(C)C(CC)c1ccccc1S(=O)(=O)NC. The van der Waals surface area contributed by atoms with Crippen LogP contribution in [0.2, 0.25) is 0 Å². The predicted molar refractivity (Wildman–Crippen MR) is 78.9 cm³/mol. The minimum absolute atomic E-state index is 0.180. The molecule has 19 heavy (non-hydrogen) atoms. The highest BCUT2D eigenvalue weighted by Crippen LogP contribution is 2.29. The molecule has 108 valence electrons. The van der Waals surface area contributed by atoms with Gasteiger partial charge in [0.1, 0.15) is 0 Å². The Morgan fingerprint density at radius 3 is 2.37 bits per heavy atom. The molecular weight excluding hydrogens is 260 g/mol. The van der Waals surface area contributed by atoms with E-state index in [4.69, 9.17) is 0 Å². The molecule has 0 aliphatic rings. The Labute approximate surface area is 116 Å². The fraction of sp³-hybridized carbons (Fsp3) is 0.571. The number of likely N-dealkylation sites (N-methyl/N-ethyl adjacent to an activating group) is 1. The van der Waals surface area contributed by atoms with Gasteiger partial charge in [-0.05, 0) is 38.6 Å². The van der Waals surface area contributed by atoms with Crippen LogP contribution in [0.25, 0.3) is 0 Å². The molecule has 0 saturated heterocycles. The van der Waals surface area contributed by atoms with E-state index in [2.05, 4.69) is 30.8 Å². The van der Waals surface area contributed by atoms with Gasteiger partial charge in [0.2, 0.25) is 10.0 Å². The highest BCUT2D eigenvalue weighted by atomic mass is 32.2. The van der Waals surface area contributed by atoms with Gasteiger partial charge in [-0.1, -0.05) is 32.0 Å². The van der Waals surface area contributed by atoms with E-state index in [0.717, 1.165) is 18.5 Å². The van der Waals surface area contributed by atoms with Crippen molar-refractivity contribution in [3.63, 3.8) is 0 Å². The minimum Gasteiger partial charge on any atom is -0.314 e. The van der Waals surface area contributed by atoms with Gasteiger partial charge >= 0.3 is 0 Å². The van der Waals surface area contributed by atoms with Crippen molar-refractivity contribution >= 4 is 10.0 Å². The molecule has 0 aliphatic heterocycles. The Kier molecular flexibility index (Phi) is 5.97. The second-order valence-electron chi connectivity index (χ2n) is 4.61. The van der Waals surface area contributed by atoms with Gasteiger partial charge in [0, 0.05) is 12.0 Å². The molecule has 2 atom stereocenters. The van der Waals surface area contributed by atoms with Crippen molar-refractivity contribution in [2.24, 2.45) is 0 Å². The van der Waals surface area contributed by atoms with E-state index >= 15 is 0 Å². The minimum atomic E-state index is -3.41. The third kappa shape index (κ3) is 3.78. The Hall–Kier alpha value is -0.910. The van der Waals surface area contributed by atoms with Crippen molar-refractivity contribution in [2.45, 2.75) is 44.0 Å². The maximum Gasteiger partial charge on any atom is 0.240 e. The van der Waals surface area contributed by atoms with Crippen LogP contribution in [0.4, 0.5) is 0 Å². The van der Waals surface area contributed by atoms with Crippen LogP contribution in [-0.2, 0) is 10.0 Å². The molecule has 1 aromatic rings. The maximum absolute atomic E-state index is 12.1. The lowest BCUT2D eigenvalue weighted by atomic mass is 9.90. The number of sulfonamides is 1. The molecule has 2 N–H and O–H groups in total. The number of rotatable bonds is 7. The smallest absolute Gasteiger partial charge is 0.240 e. The van der Waals surface area contributed by atoms with Crippen LogP contribution in [0.1, 0.15) is 38.7 Å². The molecule has 0 aromatic heterocycles. The van der Waals surface area contributed by atoms with Gasteiger partial charge in [-0.3, -0.25) is 0 Å². The topological polar surface area (TPSA) is 58.2 Å². The highest BCUT2D eigenvalue weighted by molar-refractivity contribution is 7.89. The molecule has 2 unspecified atom stereocenters. The third-order valence-corrected chi connectivity index (χ3v) is 4.93. The van der Waals surface area contributed by atoms with Crippen LogP contribution in [0, 0.1) is 0 Å². The summed E-state index contributed by atoms with van der Waals surface area (Å²) in [7, 11) is -1.96. The average Bonchev–Trinajstić information content (AvgIpc) is 2.40. The zero-order valence-electron chi connectivity index (χ0n) is 12.1. The van der Waals surface area contributed by atoms with Gasteiger partial charge in [0.05, 0.1) is 4.90 Å². The molecule has 0 spiro atoms. The molecule has 0 bridgehead atoms. The summed E-state index contributed by atoms with van der Waals surface area (Å²) < 4.78 is 26.6. The Balaban J connectivity index is 3.25. The van der Waals surface area contributed by atoms with Gasteiger partial charge in [-0.2, -0.15) is 0 Å². The highest BCUT2D eigenvalue weighted by Gasteiger charge is 2.24. The summed E-state index contributed by atoms with van der Waals surface area (Å²) in [6, 6.07) is 7.47. The van der Waals surface area contributed by atoms with Gasteiger partial charge in [-0.25, -0.2) is 13.1 Å². The van der Waals surface area contributed by atoms with Gasteiger partial charge in [0.25, 0.3) is 0 Å². The second kappa shape index (κ2) is 7.03. The average molecular weight is 284 g/mol. The van der Waals surface area contributed by atoms with E-state index in [1.165, 1.54) is 7.05 Å². The summed E-state index contributed by atoms with van der Waals surface area (Å²) in [6.45, 7) is 7.11. The van der Waals surface area contributed by atoms with E-state index in [1.54, 1.807) is 12.1 Å². The molecule has 0 radical (unpaired) electrons. The van der Waals surface area contributed by atoms with Crippen LogP contribution in [-0.4, -0.2) is 28.1 Å². The van der Waals surface area contributed by atoms with Crippen molar-refractivity contribution in [3.8, 4) is 0 Å². The first-order chi connectivity index (χ1) is 8.97. The quantitative estimate of drug-likeness (QED) is 0.806. The van der Waals surface area contributed by atoms with Gasteiger partial charge in [-0.15, -0.1) is 0 Å². The molecule has 0 saturated carbocycles. The van der Waals surface area contributed by atoms with Crippen molar-refractivity contribution in [1.29, 1.82) is 0 Å². The lowest BCUT2D eigenvalue weighted by Crippen LogP contribution is -2.33. The van der Waals surface area contributed by atoms with Crippen LogP contribution < -0.4 is 10.0 Å². The molecule has 0 fully saturated rings. The van der Waals surface area contributed by atoms with Crippen LogP contribution >= 0.6 is 0 Å². The molecule has 1 rings (SSSR count). The Morgan fingerprint density at radius 2 is 1.84 bits per heavy atom.